The van der Waals surface area contributed by atoms with Crippen LogP contribution >= 0.6 is 11.8 Å². The number of thioether (sulfide) groups is 1. The Hall–Kier alpha value is -2.68. The summed E-state index contributed by atoms with van der Waals surface area (Å²) < 4.78 is 0. The van der Waals surface area contributed by atoms with E-state index in [-0.39, 0.29) is 84.8 Å². The van der Waals surface area contributed by atoms with Crippen molar-refractivity contribution in [2.75, 3.05) is 44.7 Å². The fourth-order valence-electron chi connectivity index (χ4n) is 5.12. The molecular formula is C31H55N7O6S. The molecule has 0 spiro atoms. The standard InChI is InChI=1S/C31H55N7O6S/c1-4-21(2)30-26(41)12-10-22(8-5-6-14-32)27(42)16-36-25(20-45-19-24(40)11-13-29(44)37-30)28(43)17-38(3)23(18-39)9-7-15-35-31(33)34/h18,21-23,25,30,36H,4-17,19-20,32H2,1-3H3,(H,37,44)(H4,33,34,35)/t21-,22+,23-,25-,30-/m0/s1. The van der Waals surface area contributed by atoms with E-state index in [9.17, 15) is 28.8 Å². The predicted octanol–water partition coefficient (Wildman–Crippen LogP) is 0.357. The Kier molecular flexibility index (Phi) is 20.4. The monoisotopic (exact) mass is 653 g/mol. The Bertz CT molecular complexity index is 1010. The van der Waals surface area contributed by atoms with Crippen LogP contribution in [0.5, 0.6) is 0 Å². The highest BCUT2D eigenvalue weighted by atomic mass is 32.2. The maximum atomic E-state index is 13.4. The summed E-state index contributed by atoms with van der Waals surface area (Å²) in [6.45, 7) is 4.59. The third-order valence-electron chi connectivity index (χ3n) is 8.25. The molecule has 5 atom stereocenters. The lowest BCUT2D eigenvalue weighted by Gasteiger charge is -2.26. The molecule has 45 heavy (non-hydrogen) atoms. The highest BCUT2D eigenvalue weighted by molar-refractivity contribution is 8.00. The predicted molar refractivity (Wildman–Crippen MR) is 178 cm³/mol. The molecule has 1 heterocycles. The van der Waals surface area contributed by atoms with Crippen LogP contribution in [0, 0.1) is 11.8 Å². The molecule has 1 fully saturated rings. The molecule has 14 heteroatoms. The zero-order chi connectivity index (χ0) is 33.8. The van der Waals surface area contributed by atoms with Crippen LogP contribution in [0.2, 0.25) is 0 Å². The number of nitrogens with two attached hydrogens (primary N) is 3. The van der Waals surface area contributed by atoms with Gasteiger partial charge in [-0.1, -0.05) is 26.7 Å². The van der Waals surface area contributed by atoms with E-state index < -0.39 is 24.0 Å². The average Bonchev–Trinajstić information content (AvgIpc) is 3.00. The lowest BCUT2D eigenvalue weighted by molar-refractivity contribution is -0.130. The van der Waals surface area contributed by atoms with Gasteiger partial charge in [0.05, 0.1) is 37.0 Å². The first-order valence-corrected chi connectivity index (χ1v) is 17.2. The number of likely N-dealkylation sites (N-methyl/N-ethyl adjacent to an activating group) is 1. The number of aldehydes is 1. The van der Waals surface area contributed by atoms with Gasteiger partial charge in [-0.05, 0) is 51.6 Å². The van der Waals surface area contributed by atoms with E-state index in [0.29, 0.717) is 45.2 Å². The first-order valence-electron chi connectivity index (χ1n) is 16.0. The van der Waals surface area contributed by atoms with Crippen molar-refractivity contribution in [3.63, 3.8) is 0 Å². The van der Waals surface area contributed by atoms with Crippen LogP contribution in [0.4, 0.5) is 0 Å². The second-order valence-corrected chi connectivity index (χ2v) is 12.9. The quantitative estimate of drug-likeness (QED) is 0.0700. The van der Waals surface area contributed by atoms with Crippen molar-refractivity contribution in [1.82, 2.24) is 15.5 Å². The van der Waals surface area contributed by atoms with Crippen LogP contribution in [0.25, 0.3) is 0 Å². The molecule has 0 aromatic heterocycles. The molecule has 1 amide bonds. The van der Waals surface area contributed by atoms with E-state index in [1.807, 2.05) is 13.8 Å². The summed E-state index contributed by atoms with van der Waals surface area (Å²) in [4.78, 5) is 82.8. The third kappa shape index (κ3) is 16.4. The van der Waals surface area contributed by atoms with E-state index in [1.165, 1.54) is 11.8 Å². The number of carbonyl (C=O) groups excluding carboxylic acids is 6. The number of Topliss-reactive ketones (excluding diaryl/α,β-unsaturated/α-hetero) is 4. The number of aliphatic imine (C=N–C) groups is 1. The van der Waals surface area contributed by atoms with Crippen molar-refractivity contribution in [3.05, 3.63) is 0 Å². The van der Waals surface area contributed by atoms with Gasteiger partial charge < -0.3 is 27.3 Å². The van der Waals surface area contributed by atoms with Crippen LogP contribution in [0.15, 0.2) is 4.99 Å². The second-order valence-electron chi connectivity index (χ2n) is 11.9. The molecule has 0 unspecified atom stereocenters. The van der Waals surface area contributed by atoms with Gasteiger partial charge in [-0.2, -0.15) is 11.8 Å². The lowest BCUT2D eigenvalue weighted by atomic mass is 9.87. The second kappa shape index (κ2) is 22.8. The van der Waals surface area contributed by atoms with Gasteiger partial charge >= 0.3 is 0 Å². The normalized spacial score (nSPS) is 22.7. The number of nitrogens with one attached hydrogen (secondary N) is 2. The van der Waals surface area contributed by atoms with Crippen LogP contribution in [-0.2, 0) is 28.8 Å². The molecule has 1 aliphatic heterocycles. The van der Waals surface area contributed by atoms with E-state index in [4.69, 9.17) is 17.2 Å². The van der Waals surface area contributed by atoms with Gasteiger partial charge in [0, 0.05) is 37.5 Å². The molecular weight excluding hydrogens is 598 g/mol. The van der Waals surface area contributed by atoms with Crippen LogP contribution in [0.1, 0.15) is 78.1 Å². The molecule has 1 rings (SSSR count). The SMILES string of the molecule is CC[C@H](C)[C@@H]1NC(=O)CCC(=O)CSC[C@@H](C(=O)CN(C)[C@H](C=O)CCCN=C(N)N)NCC(=O)[C@H](CCCCN)CCC1=O. The third-order valence-corrected chi connectivity index (χ3v) is 9.34. The summed E-state index contributed by atoms with van der Waals surface area (Å²) in [6, 6.07) is -1.95. The zero-order valence-corrected chi connectivity index (χ0v) is 28.1. The van der Waals surface area contributed by atoms with Crippen LogP contribution < -0.4 is 27.8 Å². The summed E-state index contributed by atoms with van der Waals surface area (Å²) >= 11 is 1.26. The van der Waals surface area contributed by atoms with Gasteiger partial charge in [0.2, 0.25) is 5.91 Å². The zero-order valence-electron chi connectivity index (χ0n) is 27.3. The Labute approximate surface area is 272 Å². The molecule has 0 aliphatic carbocycles. The van der Waals surface area contributed by atoms with Gasteiger partial charge in [-0.25, -0.2) is 0 Å². The number of rotatable bonds is 15. The molecule has 1 aliphatic rings. The number of guanidine groups is 1. The molecule has 256 valence electrons. The molecule has 13 nitrogen and oxygen atoms in total. The Morgan fingerprint density at radius 1 is 1.11 bits per heavy atom. The first kappa shape index (κ1) is 40.3. The number of carbonyl (C=O) groups is 6. The number of hydrogen-bond acceptors (Lipinski definition) is 11. The summed E-state index contributed by atoms with van der Waals surface area (Å²) in [6.07, 6.45) is 4.99. The number of hydrogen-bond donors (Lipinski definition) is 5. The Morgan fingerprint density at radius 2 is 1.84 bits per heavy atom. The molecule has 0 aromatic carbocycles. The average molecular weight is 654 g/mol. The number of amides is 1. The topological polar surface area (TPSA) is 220 Å². The number of nitrogens with zero attached hydrogens (tertiary/aromatic N) is 2. The van der Waals surface area contributed by atoms with Crippen molar-refractivity contribution >= 4 is 53.0 Å². The van der Waals surface area contributed by atoms with Gasteiger partial charge in [-0.3, -0.25) is 39.2 Å². The fraction of sp³-hybridized carbons (Fsp3) is 0.774. The van der Waals surface area contributed by atoms with E-state index >= 15 is 0 Å². The molecule has 0 bridgehead atoms. The van der Waals surface area contributed by atoms with E-state index in [2.05, 4.69) is 15.6 Å². The minimum Gasteiger partial charge on any atom is -0.370 e. The maximum Gasteiger partial charge on any atom is 0.221 e. The molecule has 8 N–H and O–H groups in total. The van der Waals surface area contributed by atoms with Gasteiger partial charge in [-0.15, -0.1) is 0 Å². The highest BCUT2D eigenvalue weighted by Crippen LogP contribution is 2.20. The van der Waals surface area contributed by atoms with Crippen LogP contribution in [0.3, 0.4) is 0 Å². The smallest absolute Gasteiger partial charge is 0.221 e. The fourth-order valence-corrected chi connectivity index (χ4v) is 6.15. The Morgan fingerprint density at radius 3 is 2.49 bits per heavy atom. The van der Waals surface area contributed by atoms with Gasteiger partial charge in [0.15, 0.2) is 17.5 Å². The lowest BCUT2D eigenvalue weighted by Crippen LogP contribution is -2.48. The van der Waals surface area contributed by atoms with Crippen molar-refractivity contribution < 1.29 is 28.8 Å². The van der Waals surface area contributed by atoms with Crippen molar-refractivity contribution in [3.8, 4) is 0 Å². The minimum atomic E-state index is -0.747. The van der Waals surface area contributed by atoms with Crippen LogP contribution in [-0.4, -0.2) is 109 Å². The number of unbranched alkanes of at least 4 members (excludes halogenated alkanes) is 1. The highest BCUT2D eigenvalue weighted by Gasteiger charge is 2.29. The van der Waals surface area contributed by atoms with Gasteiger partial charge in [0.1, 0.15) is 17.9 Å². The minimum absolute atomic E-state index is 0.0254. The summed E-state index contributed by atoms with van der Waals surface area (Å²) in [7, 11) is 1.68. The molecule has 1 saturated heterocycles. The van der Waals surface area contributed by atoms with Crippen molar-refractivity contribution in [1.29, 1.82) is 0 Å². The van der Waals surface area contributed by atoms with E-state index in [1.54, 1.807) is 11.9 Å². The number of ketones is 4. The first-order chi connectivity index (χ1) is 21.4. The Balaban J connectivity index is 3.10. The molecule has 0 saturated carbocycles. The van der Waals surface area contributed by atoms with Gasteiger partial charge in [0.25, 0.3) is 0 Å². The van der Waals surface area contributed by atoms with Crippen molar-refractivity contribution in [2.45, 2.75) is 96.2 Å². The maximum absolute atomic E-state index is 13.4. The van der Waals surface area contributed by atoms with E-state index in [0.717, 1.165) is 19.1 Å². The summed E-state index contributed by atoms with van der Waals surface area (Å²) in [5, 5.41) is 5.94. The van der Waals surface area contributed by atoms with Crippen molar-refractivity contribution in [2.24, 2.45) is 34.0 Å². The largest absolute Gasteiger partial charge is 0.370 e. The summed E-state index contributed by atoms with van der Waals surface area (Å²) in [5.74, 6) is -1.15. The molecule has 0 radical (unpaired) electrons. The molecule has 0 aromatic rings. The summed E-state index contributed by atoms with van der Waals surface area (Å²) in [5.41, 5.74) is 16.4.